The molecule has 4 rings (SSSR count). The maximum Gasteiger partial charge on any atom is 0.317 e. The van der Waals surface area contributed by atoms with E-state index in [9.17, 15) is 4.79 Å². The van der Waals surface area contributed by atoms with E-state index < -0.39 is 0 Å². The van der Waals surface area contributed by atoms with Crippen LogP contribution in [0, 0.1) is 0 Å². The summed E-state index contributed by atoms with van der Waals surface area (Å²) >= 11 is 0. The van der Waals surface area contributed by atoms with Gasteiger partial charge in [-0.25, -0.2) is 14.8 Å². The molecule has 3 heterocycles. The van der Waals surface area contributed by atoms with Gasteiger partial charge in [0.25, 0.3) is 0 Å². The average Bonchev–Trinajstić information content (AvgIpc) is 3.44. The van der Waals surface area contributed by atoms with Crippen LogP contribution in [0.5, 0.6) is 0 Å². The molecule has 3 aromatic rings. The molecule has 0 radical (unpaired) electrons. The molecule has 0 saturated carbocycles. The number of carbonyl (C=O) groups is 1. The first kappa shape index (κ1) is 18.2. The van der Waals surface area contributed by atoms with Crippen molar-refractivity contribution in [3.8, 4) is 11.5 Å². The van der Waals surface area contributed by atoms with Crippen LogP contribution in [-0.2, 0) is 13.1 Å². The number of hydrogen-bond acceptors (Lipinski definition) is 6. The molecule has 1 aromatic carbocycles. The highest BCUT2D eigenvalue weighted by Gasteiger charge is 2.21. The lowest BCUT2D eigenvalue weighted by Gasteiger charge is -2.34. The molecule has 28 heavy (non-hydrogen) atoms. The molecule has 9 heteroatoms. The highest BCUT2D eigenvalue weighted by Crippen LogP contribution is 2.17. The molecule has 0 bridgehead atoms. The fraction of sp³-hybridized carbons (Fsp3) is 0.368. The van der Waals surface area contributed by atoms with Crippen LogP contribution in [0.15, 0.2) is 53.7 Å². The molecular formula is C19H23N7O2. The van der Waals surface area contributed by atoms with Gasteiger partial charge in [0, 0.05) is 38.3 Å². The van der Waals surface area contributed by atoms with Crippen molar-refractivity contribution in [3.63, 3.8) is 0 Å². The monoisotopic (exact) mass is 381 g/mol. The van der Waals surface area contributed by atoms with E-state index in [2.05, 4.69) is 25.3 Å². The standard InChI is InChI=1S/C19H23N7O2/c27-19(21-12-17-13-28-18(23-17)16-4-2-1-3-5-16)25-9-6-24(7-10-25)8-11-26-15-20-14-22-26/h1-5,13-15H,6-12H2,(H,21,27). The first-order valence-electron chi connectivity index (χ1n) is 9.35. The third-order valence-electron chi connectivity index (χ3n) is 4.76. The van der Waals surface area contributed by atoms with Crippen molar-refractivity contribution < 1.29 is 9.21 Å². The molecule has 1 aliphatic rings. The van der Waals surface area contributed by atoms with E-state index in [0.29, 0.717) is 31.2 Å². The molecule has 0 aliphatic carbocycles. The average molecular weight is 381 g/mol. The van der Waals surface area contributed by atoms with Crippen LogP contribution < -0.4 is 5.32 Å². The van der Waals surface area contributed by atoms with Crippen molar-refractivity contribution in [2.75, 3.05) is 32.7 Å². The number of oxazole rings is 1. The van der Waals surface area contributed by atoms with Crippen molar-refractivity contribution in [2.45, 2.75) is 13.1 Å². The largest absolute Gasteiger partial charge is 0.444 e. The number of aromatic nitrogens is 4. The zero-order valence-electron chi connectivity index (χ0n) is 15.6. The van der Waals surface area contributed by atoms with Crippen LogP contribution in [0.1, 0.15) is 5.69 Å². The number of nitrogens with one attached hydrogen (secondary N) is 1. The smallest absolute Gasteiger partial charge is 0.317 e. The molecule has 146 valence electrons. The second kappa shape index (κ2) is 8.66. The Hall–Kier alpha value is -3.20. The van der Waals surface area contributed by atoms with Crippen LogP contribution in [0.25, 0.3) is 11.5 Å². The summed E-state index contributed by atoms with van der Waals surface area (Å²) in [4.78, 5) is 25.0. The molecule has 9 nitrogen and oxygen atoms in total. The minimum Gasteiger partial charge on any atom is -0.444 e. The summed E-state index contributed by atoms with van der Waals surface area (Å²) in [5.74, 6) is 0.561. The molecule has 1 aliphatic heterocycles. The summed E-state index contributed by atoms with van der Waals surface area (Å²) in [6.45, 7) is 5.17. The first-order chi connectivity index (χ1) is 13.8. The zero-order chi connectivity index (χ0) is 19.2. The van der Waals surface area contributed by atoms with Crippen molar-refractivity contribution in [1.82, 2.24) is 34.9 Å². The molecule has 0 atom stereocenters. The van der Waals surface area contributed by atoms with Gasteiger partial charge in [-0.3, -0.25) is 9.58 Å². The number of hydrogen-bond donors (Lipinski definition) is 1. The summed E-state index contributed by atoms with van der Waals surface area (Å²) in [7, 11) is 0. The van der Waals surface area contributed by atoms with Crippen molar-refractivity contribution in [2.24, 2.45) is 0 Å². The highest BCUT2D eigenvalue weighted by atomic mass is 16.3. The maximum atomic E-state index is 12.4. The van der Waals surface area contributed by atoms with E-state index in [1.54, 1.807) is 18.9 Å². The van der Waals surface area contributed by atoms with Crippen molar-refractivity contribution in [3.05, 3.63) is 54.9 Å². The van der Waals surface area contributed by atoms with Gasteiger partial charge in [-0.2, -0.15) is 5.10 Å². The molecule has 0 unspecified atom stereocenters. The Bertz CT molecular complexity index is 871. The van der Waals surface area contributed by atoms with Crippen molar-refractivity contribution in [1.29, 1.82) is 0 Å². The van der Waals surface area contributed by atoms with Crippen LogP contribution in [0.3, 0.4) is 0 Å². The molecule has 2 amide bonds. The Labute approximate surface area is 163 Å². The predicted octanol–water partition coefficient (Wildman–Crippen LogP) is 1.46. The topological polar surface area (TPSA) is 92.3 Å². The lowest BCUT2D eigenvalue weighted by molar-refractivity contribution is 0.135. The number of nitrogens with zero attached hydrogens (tertiary/aromatic N) is 6. The van der Waals surface area contributed by atoms with E-state index in [4.69, 9.17) is 4.42 Å². The van der Waals surface area contributed by atoms with Gasteiger partial charge < -0.3 is 14.6 Å². The second-order valence-electron chi connectivity index (χ2n) is 6.66. The van der Waals surface area contributed by atoms with Gasteiger partial charge in [-0.05, 0) is 12.1 Å². The zero-order valence-corrected chi connectivity index (χ0v) is 15.6. The van der Waals surface area contributed by atoms with Gasteiger partial charge in [0.1, 0.15) is 18.9 Å². The van der Waals surface area contributed by atoms with Crippen LogP contribution in [0.2, 0.25) is 0 Å². The van der Waals surface area contributed by atoms with Crippen LogP contribution >= 0.6 is 0 Å². The first-order valence-corrected chi connectivity index (χ1v) is 9.35. The van der Waals surface area contributed by atoms with E-state index in [0.717, 1.165) is 31.7 Å². The number of urea groups is 1. The summed E-state index contributed by atoms with van der Waals surface area (Å²) in [5, 5.41) is 7.04. The van der Waals surface area contributed by atoms with Crippen molar-refractivity contribution >= 4 is 6.03 Å². The Morgan fingerprint density at radius 3 is 2.68 bits per heavy atom. The normalized spacial score (nSPS) is 14.9. The highest BCUT2D eigenvalue weighted by molar-refractivity contribution is 5.74. The Balaban J connectivity index is 1.20. The summed E-state index contributed by atoms with van der Waals surface area (Å²) < 4.78 is 7.33. The SMILES string of the molecule is O=C(NCc1coc(-c2ccccc2)n1)N1CCN(CCn2cncn2)CC1. The molecule has 1 fully saturated rings. The summed E-state index contributed by atoms with van der Waals surface area (Å²) in [6.07, 6.45) is 4.85. The maximum absolute atomic E-state index is 12.4. The summed E-state index contributed by atoms with van der Waals surface area (Å²) in [5.41, 5.74) is 1.63. The number of benzene rings is 1. The number of amides is 2. The van der Waals surface area contributed by atoms with Crippen LogP contribution in [0.4, 0.5) is 4.79 Å². The van der Waals surface area contributed by atoms with Gasteiger partial charge in [0.15, 0.2) is 0 Å². The molecular weight excluding hydrogens is 358 g/mol. The van der Waals surface area contributed by atoms with E-state index in [-0.39, 0.29) is 6.03 Å². The fourth-order valence-corrected chi connectivity index (χ4v) is 3.15. The molecule has 1 N–H and O–H groups in total. The Kier molecular flexibility index (Phi) is 5.62. The van der Waals surface area contributed by atoms with Crippen LogP contribution in [-0.4, -0.2) is 68.3 Å². The van der Waals surface area contributed by atoms with Gasteiger partial charge in [0.2, 0.25) is 5.89 Å². The predicted molar refractivity (Wildman–Crippen MR) is 102 cm³/mol. The van der Waals surface area contributed by atoms with E-state index in [1.807, 2.05) is 39.9 Å². The second-order valence-corrected chi connectivity index (χ2v) is 6.66. The van der Waals surface area contributed by atoms with E-state index >= 15 is 0 Å². The third-order valence-corrected chi connectivity index (χ3v) is 4.76. The fourth-order valence-electron chi connectivity index (χ4n) is 3.15. The van der Waals surface area contributed by atoms with Gasteiger partial charge in [-0.1, -0.05) is 18.2 Å². The number of piperazine rings is 1. The summed E-state index contributed by atoms with van der Waals surface area (Å²) in [6, 6.07) is 9.63. The Morgan fingerprint density at radius 2 is 1.93 bits per heavy atom. The number of carbonyl (C=O) groups excluding carboxylic acids is 1. The Morgan fingerprint density at radius 1 is 1.11 bits per heavy atom. The lowest BCUT2D eigenvalue weighted by Crippen LogP contribution is -2.52. The third kappa shape index (κ3) is 4.55. The van der Waals surface area contributed by atoms with Gasteiger partial charge in [0.05, 0.1) is 18.8 Å². The molecule has 2 aromatic heterocycles. The van der Waals surface area contributed by atoms with E-state index in [1.165, 1.54) is 0 Å². The van der Waals surface area contributed by atoms with Gasteiger partial charge in [-0.15, -0.1) is 0 Å². The minimum absolute atomic E-state index is 0.0693. The lowest BCUT2D eigenvalue weighted by atomic mass is 10.2. The quantitative estimate of drug-likeness (QED) is 0.695. The number of rotatable bonds is 6. The minimum atomic E-state index is -0.0693. The van der Waals surface area contributed by atoms with Gasteiger partial charge >= 0.3 is 6.03 Å². The molecule has 1 saturated heterocycles. The molecule has 0 spiro atoms.